The molecule has 0 heterocycles. The van der Waals surface area contributed by atoms with E-state index >= 15 is 0 Å². The predicted octanol–water partition coefficient (Wildman–Crippen LogP) is 4.30. The second-order valence-corrected chi connectivity index (χ2v) is 11.3. The molecule has 2 fully saturated rings. The Morgan fingerprint density at radius 1 is 0.846 bits per heavy atom. The van der Waals surface area contributed by atoms with Crippen molar-refractivity contribution in [3.63, 3.8) is 0 Å². The first-order chi connectivity index (χ1) is 6.16. The molecule has 0 atom stereocenters. The van der Waals surface area contributed by atoms with Gasteiger partial charge in [-0.05, 0) is 11.8 Å². The second-order valence-electron chi connectivity index (χ2n) is 6.17. The van der Waals surface area contributed by atoms with E-state index < -0.39 is 8.07 Å². The molecule has 2 saturated carbocycles. The molecule has 0 amide bonds. The van der Waals surface area contributed by atoms with Crippen LogP contribution in [0.4, 0.5) is 0 Å². The van der Waals surface area contributed by atoms with Crippen LogP contribution < -0.4 is 0 Å². The summed E-state index contributed by atoms with van der Waals surface area (Å²) in [5.74, 6) is 2.31. The maximum Gasteiger partial charge on any atom is 0.0479 e. The summed E-state index contributed by atoms with van der Waals surface area (Å²) < 4.78 is 0. The van der Waals surface area contributed by atoms with E-state index in [1.165, 1.54) is 12.8 Å². The standard InChI is InChI=1S/C12H24Si/c1-13(2,9-11-5-3-6-11)10-12-7-4-8-12/h11-12H,3-10H2,1-2H3. The van der Waals surface area contributed by atoms with Crippen molar-refractivity contribution in [2.24, 2.45) is 11.8 Å². The van der Waals surface area contributed by atoms with Crippen molar-refractivity contribution in [3.05, 3.63) is 0 Å². The van der Waals surface area contributed by atoms with E-state index in [9.17, 15) is 0 Å². The Hall–Kier alpha value is 0.217. The molecule has 0 saturated heterocycles. The van der Waals surface area contributed by atoms with Crippen LogP contribution in [0.1, 0.15) is 38.5 Å². The Morgan fingerprint density at radius 2 is 1.23 bits per heavy atom. The van der Waals surface area contributed by atoms with Gasteiger partial charge >= 0.3 is 0 Å². The molecule has 2 aliphatic carbocycles. The van der Waals surface area contributed by atoms with Gasteiger partial charge in [0.2, 0.25) is 0 Å². The Balaban J connectivity index is 1.72. The van der Waals surface area contributed by atoms with E-state index in [4.69, 9.17) is 0 Å². The van der Waals surface area contributed by atoms with Crippen LogP contribution >= 0.6 is 0 Å². The SMILES string of the molecule is C[Si](C)(CC1CCC1)CC1CCC1. The molecular formula is C12H24Si. The Labute approximate surface area is 84.1 Å². The van der Waals surface area contributed by atoms with Gasteiger partial charge in [-0.25, -0.2) is 0 Å². The van der Waals surface area contributed by atoms with Crippen LogP contribution in [0.15, 0.2) is 0 Å². The van der Waals surface area contributed by atoms with Crippen molar-refractivity contribution >= 4 is 8.07 Å². The molecule has 0 bridgehead atoms. The highest BCUT2D eigenvalue weighted by Crippen LogP contribution is 2.40. The van der Waals surface area contributed by atoms with Gasteiger partial charge in [0.05, 0.1) is 0 Å². The first-order valence-corrected chi connectivity index (χ1v) is 9.57. The van der Waals surface area contributed by atoms with E-state index in [1.807, 2.05) is 0 Å². The molecule has 0 aromatic carbocycles. The van der Waals surface area contributed by atoms with Gasteiger partial charge in [-0.3, -0.25) is 0 Å². The van der Waals surface area contributed by atoms with Gasteiger partial charge in [-0.2, -0.15) is 0 Å². The first-order valence-electron chi connectivity index (χ1n) is 6.16. The van der Waals surface area contributed by atoms with E-state index in [0.717, 1.165) is 11.8 Å². The predicted molar refractivity (Wildman–Crippen MR) is 61.8 cm³/mol. The summed E-state index contributed by atoms with van der Waals surface area (Å²) in [4.78, 5) is 0. The van der Waals surface area contributed by atoms with Gasteiger partial charge in [0.1, 0.15) is 0 Å². The maximum atomic E-state index is 2.63. The summed E-state index contributed by atoms with van der Waals surface area (Å²) >= 11 is 0. The topological polar surface area (TPSA) is 0 Å². The monoisotopic (exact) mass is 196 g/mol. The summed E-state index contributed by atoms with van der Waals surface area (Å²) in [6, 6.07) is 3.28. The maximum absolute atomic E-state index is 2.63. The highest BCUT2D eigenvalue weighted by atomic mass is 28.3. The van der Waals surface area contributed by atoms with Gasteiger partial charge in [-0.15, -0.1) is 0 Å². The number of hydrogen-bond donors (Lipinski definition) is 0. The fourth-order valence-corrected chi connectivity index (χ4v) is 7.15. The lowest BCUT2D eigenvalue weighted by atomic mass is 9.87. The van der Waals surface area contributed by atoms with Gasteiger partial charge in [0.25, 0.3) is 0 Å². The highest BCUT2D eigenvalue weighted by molar-refractivity contribution is 6.77. The first kappa shape index (κ1) is 9.76. The number of hydrogen-bond acceptors (Lipinski definition) is 0. The summed E-state index contributed by atoms with van der Waals surface area (Å²) in [5.41, 5.74) is 0. The Bertz CT molecular complexity index is 148. The smallest absolute Gasteiger partial charge is 0.0479 e. The van der Waals surface area contributed by atoms with Crippen molar-refractivity contribution in [1.82, 2.24) is 0 Å². The van der Waals surface area contributed by atoms with Crippen LogP contribution in [0.25, 0.3) is 0 Å². The minimum atomic E-state index is -0.769. The van der Waals surface area contributed by atoms with E-state index in [0.29, 0.717) is 0 Å². The van der Waals surface area contributed by atoms with Crippen LogP contribution in [0.5, 0.6) is 0 Å². The molecule has 0 aliphatic heterocycles. The average Bonchev–Trinajstić information content (AvgIpc) is 1.90. The van der Waals surface area contributed by atoms with Gasteiger partial charge in [0, 0.05) is 8.07 Å². The minimum Gasteiger partial charge on any atom is -0.0693 e. The lowest BCUT2D eigenvalue weighted by Crippen LogP contribution is -2.34. The van der Waals surface area contributed by atoms with Gasteiger partial charge < -0.3 is 0 Å². The number of rotatable bonds is 4. The van der Waals surface area contributed by atoms with Crippen molar-refractivity contribution in [1.29, 1.82) is 0 Å². The Morgan fingerprint density at radius 3 is 1.46 bits per heavy atom. The van der Waals surface area contributed by atoms with Crippen molar-refractivity contribution in [2.45, 2.75) is 63.7 Å². The third-order valence-electron chi connectivity index (χ3n) is 4.13. The summed E-state index contributed by atoms with van der Waals surface area (Å²) in [5, 5.41) is 0. The quantitative estimate of drug-likeness (QED) is 0.588. The third-order valence-corrected chi connectivity index (χ3v) is 7.50. The fourth-order valence-electron chi connectivity index (χ4n) is 3.04. The van der Waals surface area contributed by atoms with E-state index in [2.05, 4.69) is 13.1 Å². The lowest BCUT2D eigenvalue weighted by molar-refractivity contribution is 0.327. The normalized spacial score (nSPS) is 25.4. The average molecular weight is 196 g/mol. The third kappa shape index (κ3) is 2.58. The van der Waals surface area contributed by atoms with Crippen LogP contribution in [-0.2, 0) is 0 Å². The van der Waals surface area contributed by atoms with Crippen LogP contribution in [0.3, 0.4) is 0 Å². The molecule has 0 aromatic heterocycles. The summed E-state index contributed by atoms with van der Waals surface area (Å²) in [6.07, 6.45) is 9.28. The molecule has 0 N–H and O–H groups in total. The zero-order chi connectivity index (χ0) is 9.31. The van der Waals surface area contributed by atoms with Crippen LogP contribution in [-0.4, -0.2) is 8.07 Å². The second kappa shape index (κ2) is 3.76. The Kier molecular flexibility index (Phi) is 2.82. The molecule has 2 rings (SSSR count). The molecule has 0 unspecified atom stereocenters. The molecule has 1 heteroatoms. The zero-order valence-corrected chi connectivity index (χ0v) is 10.3. The molecular weight excluding hydrogens is 172 g/mol. The minimum absolute atomic E-state index is 0.769. The van der Waals surface area contributed by atoms with Crippen molar-refractivity contribution in [3.8, 4) is 0 Å². The summed E-state index contributed by atoms with van der Waals surface area (Å²) in [7, 11) is -0.769. The zero-order valence-electron chi connectivity index (χ0n) is 9.31. The fraction of sp³-hybridized carbons (Fsp3) is 1.00. The highest BCUT2D eigenvalue weighted by Gasteiger charge is 2.32. The van der Waals surface area contributed by atoms with Gasteiger partial charge in [-0.1, -0.05) is 63.7 Å². The van der Waals surface area contributed by atoms with E-state index in [-0.39, 0.29) is 0 Å². The van der Waals surface area contributed by atoms with Crippen molar-refractivity contribution in [2.75, 3.05) is 0 Å². The summed E-state index contributed by atoms with van der Waals surface area (Å²) in [6.45, 7) is 5.26. The molecule has 0 nitrogen and oxygen atoms in total. The molecule has 0 radical (unpaired) electrons. The molecule has 13 heavy (non-hydrogen) atoms. The molecule has 76 valence electrons. The van der Waals surface area contributed by atoms with Crippen LogP contribution in [0.2, 0.25) is 25.2 Å². The van der Waals surface area contributed by atoms with Crippen LogP contribution in [0, 0.1) is 11.8 Å². The van der Waals surface area contributed by atoms with Crippen molar-refractivity contribution < 1.29 is 0 Å². The molecule has 0 aromatic rings. The van der Waals surface area contributed by atoms with Gasteiger partial charge in [0.15, 0.2) is 0 Å². The molecule has 0 spiro atoms. The molecule has 2 aliphatic rings. The van der Waals surface area contributed by atoms with E-state index in [1.54, 1.807) is 37.8 Å². The largest absolute Gasteiger partial charge is 0.0693 e. The lowest BCUT2D eigenvalue weighted by Gasteiger charge is -2.37.